The second-order valence-electron chi connectivity index (χ2n) is 7.77. The highest BCUT2D eigenvalue weighted by Crippen LogP contribution is 2.49. The van der Waals surface area contributed by atoms with Gasteiger partial charge in [0.05, 0.1) is 5.69 Å². The van der Waals surface area contributed by atoms with Crippen molar-refractivity contribution >= 4 is 17.4 Å². The zero-order valence-corrected chi connectivity index (χ0v) is 16.5. The predicted molar refractivity (Wildman–Crippen MR) is 108 cm³/mol. The third kappa shape index (κ3) is 3.09. The van der Waals surface area contributed by atoms with E-state index < -0.39 is 0 Å². The highest BCUT2D eigenvalue weighted by atomic mass is 32.2. The maximum absolute atomic E-state index is 2.64. The van der Waals surface area contributed by atoms with Crippen LogP contribution < -0.4 is 4.90 Å². The molecular formula is C22H28N2S. The lowest BCUT2D eigenvalue weighted by molar-refractivity contribution is 0.158. The predicted octanol–water partition coefficient (Wildman–Crippen LogP) is 5.16. The van der Waals surface area contributed by atoms with E-state index in [0.717, 1.165) is 0 Å². The van der Waals surface area contributed by atoms with Crippen molar-refractivity contribution < 1.29 is 0 Å². The summed E-state index contributed by atoms with van der Waals surface area (Å²) in [5, 5.41) is 0. The number of hydrogen-bond donors (Lipinski definition) is 0. The van der Waals surface area contributed by atoms with Crippen LogP contribution in [0.1, 0.15) is 37.3 Å². The quantitative estimate of drug-likeness (QED) is 0.753. The first kappa shape index (κ1) is 17.0. The van der Waals surface area contributed by atoms with Gasteiger partial charge in [-0.2, -0.15) is 0 Å². The summed E-state index contributed by atoms with van der Waals surface area (Å²) in [5.74, 6) is 0.648. The first-order chi connectivity index (χ1) is 12.0. The minimum absolute atomic E-state index is 0.639. The van der Waals surface area contributed by atoms with Gasteiger partial charge in [-0.05, 0) is 51.0 Å². The number of hydrogen-bond acceptors (Lipinski definition) is 3. The summed E-state index contributed by atoms with van der Waals surface area (Å²) in [7, 11) is 2.30. The van der Waals surface area contributed by atoms with Crippen LogP contribution in [0.5, 0.6) is 0 Å². The molecule has 0 unspecified atom stereocenters. The zero-order chi connectivity index (χ0) is 17.6. The van der Waals surface area contributed by atoms with Crippen LogP contribution in [0, 0.1) is 6.92 Å². The highest BCUT2D eigenvalue weighted by molar-refractivity contribution is 7.99. The number of piperidine rings is 1. The van der Waals surface area contributed by atoms with Crippen molar-refractivity contribution in [3.8, 4) is 0 Å². The summed E-state index contributed by atoms with van der Waals surface area (Å²) < 4.78 is 0. The van der Waals surface area contributed by atoms with Gasteiger partial charge in [-0.15, -0.1) is 0 Å². The molecular weight excluding hydrogens is 324 g/mol. The largest absolute Gasteiger partial charge is 0.370 e. The Morgan fingerprint density at radius 2 is 1.84 bits per heavy atom. The third-order valence-electron chi connectivity index (χ3n) is 5.87. The lowest BCUT2D eigenvalue weighted by Crippen LogP contribution is -2.47. The molecule has 2 aromatic rings. The molecule has 0 N–H and O–H groups in total. The Bertz CT molecular complexity index is 753. The fraction of sp³-hybridized carbons (Fsp3) is 0.455. The molecule has 1 saturated heterocycles. The summed E-state index contributed by atoms with van der Waals surface area (Å²) in [6, 6.07) is 17.1. The first-order valence-electron chi connectivity index (χ1n) is 9.39. The SMILES string of the molecule is Cc1ccc(Sc2cccc3c2N(C)[C@H]2CCN(C(C)C)C[C@H]32)cc1. The van der Waals surface area contributed by atoms with E-state index in [1.165, 1.54) is 40.6 Å². The van der Waals surface area contributed by atoms with E-state index in [2.05, 4.69) is 80.1 Å². The minimum Gasteiger partial charge on any atom is -0.370 e. The Labute approximate surface area is 156 Å². The van der Waals surface area contributed by atoms with Gasteiger partial charge in [0.15, 0.2) is 0 Å². The van der Waals surface area contributed by atoms with Crippen LogP contribution in [0.4, 0.5) is 5.69 Å². The molecule has 3 heteroatoms. The van der Waals surface area contributed by atoms with Gasteiger partial charge in [0, 0.05) is 47.9 Å². The Balaban J connectivity index is 1.66. The minimum atomic E-state index is 0.639. The number of fused-ring (bicyclic) bond motifs is 3. The summed E-state index contributed by atoms with van der Waals surface area (Å²) in [4.78, 5) is 7.93. The standard InChI is InChI=1S/C22H28N2S/c1-15(2)24-13-12-20-19(14-24)18-6-5-7-21(22(18)23(20)4)25-17-10-8-16(3)9-11-17/h5-11,15,19-20H,12-14H2,1-4H3/t19-,20+/m1/s1. The number of likely N-dealkylation sites (tertiary alicyclic amines) is 1. The van der Waals surface area contributed by atoms with E-state index in [-0.39, 0.29) is 0 Å². The number of nitrogens with zero attached hydrogens (tertiary/aromatic N) is 2. The molecule has 0 radical (unpaired) electrons. The van der Waals surface area contributed by atoms with Crippen LogP contribution in [-0.4, -0.2) is 37.1 Å². The van der Waals surface area contributed by atoms with Crippen LogP contribution in [0.3, 0.4) is 0 Å². The zero-order valence-electron chi connectivity index (χ0n) is 15.7. The van der Waals surface area contributed by atoms with Crippen molar-refractivity contribution in [3.63, 3.8) is 0 Å². The average molecular weight is 353 g/mol. The summed E-state index contributed by atoms with van der Waals surface area (Å²) in [6.45, 7) is 9.21. The average Bonchev–Trinajstić information content (AvgIpc) is 2.90. The molecule has 0 bridgehead atoms. The maximum atomic E-state index is 2.64. The molecule has 2 heterocycles. The molecule has 2 aliphatic heterocycles. The Hall–Kier alpha value is -1.45. The lowest BCUT2D eigenvalue weighted by Gasteiger charge is -2.39. The molecule has 132 valence electrons. The molecule has 2 aliphatic rings. The molecule has 2 atom stereocenters. The van der Waals surface area contributed by atoms with Crippen molar-refractivity contribution in [1.29, 1.82) is 0 Å². The summed E-state index contributed by atoms with van der Waals surface area (Å²) in [5.41, 5.74) is 4.34. The Kier molecular flexibility index (Phi) is 4.55. The van der Waals surface area contributed by atoms with Crippen LogP contribution in [0.15, 0.2) is 52.3 Å². The van der Waals surface area contributed by atoms with Crippen molar-refractivity contribution in [2.45, 2.75) is 55.0 Å². The molecule has 0 spiro atoms. The Morgan fingerprint density at radius 1 is 1.08 bits per heavy atom. The maximum Gasteiger partial charge on any atom is 0.0544 e. The molecule has 0 aliphatic carbocycles. The molecule has 2 nitrogen and oxygen atoms in total. The normalized spacial score (nSPS) is 23.0. The van der Waals surface area contributed by atoms with Gasteiger partial charge in [-0.3, -0.25) is 0 Å². The van der Waals surface area contributed by atoms with Crippen molar-refractivity contribution in [1.82, 2.24) is 4.90 Å². The molecule has 0 amide bonds. The molecule has 0 aromatic heterocycles. The fourth-order valence-electron chi connectivity index (χ4n) is 4.40. The topological polar surface area (TPSA) is 6.48 Å². The number of benzene rings is 2. The van der Waals surface area contributed by atoms with Gasteiger partial charge < -0.3 is 9.80 Å². The monoisotopic (exact) mass is 352 g/mol. The molecule has 25 heavy (non-hydrogen) atoms. The fourth-order valence-corrected chi connectivity index (χ4v) is 5.43. The summed E-state index contributed by atoms with van der Waals surface area (Å²) in [6.07, 6.45) is 1.27. The second kappa shape index (κ2) is 6.69. The molecule has 4 rings (SSSR count). The molecule has 0 saturated carbocycles. The smallest absolute Gasteiger partial charge is 0.0544 e. The van der Waals surface area contributed by atoms with Crippen molar-refractivity contribution in [2.75, 3.05) is 25.0 Å². The number of rotatable bonds is 3. The second-order valence-corrected chi connectivity index (χ2v) is 8.89. The van der Waals surface area contributed by atoms with Crippen molar-refractivity contribution in [2.24, 2.45) is 0 Å². The van der Waals surface area contributed by atoms with Gasteiger partial charge in [0.2, 0.25) is 0 Å². The molecule has 2 aromatic carbocycles. The van der Waals surface area contributed by atoms with E-state index in [1.54, 1.807) is 5.56 Å². The Morgan fingerprint density at radius 3 is 2.56 bits per heavy atom. The number of aryl methyl sites for hydroxylation is 1. The van der Waals surface area contributed by atoms with Crippen LogP contribution in [0.2, 0.25) is 0 Å². The van der Waals surface area contributed by atoms with E-state index in [0.29, 0.717) is 18.0 Å². The summed E-state index contributed by atoms with van der Waals surface area (Å²) >= 11 is 1.90. The number of likely N-dealkylation sites (N-methyl/N-ethyl adjacent to an activating group) is 1. The van der Waals surface area contributed by atoms with E-state index in [1.807, 2.05) is 11.8 Å². The van der Waals surface area contributed by atoms with Gasteiger partial charge in [-0.25, -0.2) is 0 Å². The van der Waals surface area contributed by atoms with Crippen LogP contribution in [0.25, 0.3) is 0 Å². The van der Waals surface area contributed by atoms with Crippen LogP contribution in [-0.2, 0) is 0 Å². The lowest BCUT2D eigenvalue weighted by atomic mass is 9.88. The van der Waals surface area contributed by atoms with Crippen LogP contribution >= 0.6 is 11.8 Å². The van der Waals surface area contributed by atoms with Gasteiger partial charge >= 0.3 is 0 Å². The van der Waals surface area contributed by atoms with Gasteiger partial charge in [0.25, 0.3) is 0 Å². The van der Waals surface area contributed by atoms with E-state index in [9.17, 15) is 0 Å². The van der Waals surface area contributed by atoms with E-state index >= 15 is 0 Å². The third-order valence-corrected chi connectivity index (χ3v) is 6.92. The number of para-hydroxylation sites is 1. The van der Waals surface area contributed by atoms with Crippen molar-refractivity contribution in [3.05, 3.63) is 53.6 Å². The van der Waals surface area contributed by atoms with E-state index in [4.69, 9.17) is 0 Å². The van der Waals surface area contributed by atoms with Gasteiger partial charge in [-0.1, -0.05) is 41.6 Å². The highest BCUT2D eigenvalue weighted by Gasteiger charge is 2.41. The molecule has 1 fully saturated rings. The number of anilines is 1. The van der Waals surface area contributed by atoms with Gasteiger partial charge in [0.1, 0.15) is 0 Å². The first-order valence-corrected chi connectivity index (χ1v) is 10.2.